The number of nitrogens with two attached hydrogens (primary N) is 1. The molecular formula is C24H21NO3. The fourth-order valence-corrected chi connectivity index (χ4v) is 3.88. The molecule has 4 nitrogen and oxygen atoms in total. The molecule has 3 aromatic carbocycles. The van der Waals surface area contributed by atoms with Gasteiger partial charge in [0.2, 0.25) is 0 Å². The number of carbonyl (C=O) groups excluding carboxylic acids is 1. The van der Waals surface area contributed by atoms with Crippen LogP contribution >= 0.6 is 0 Å². The van der Waals surface area contributed by atoms with Gasteiger partial charge in [0.1, 0.15) is 0 Å². The molecule has 0 saturated carbocycles. The van der Waals surface area contributed by atoms with E-state index in [2.05, 4.69) is 0 Å². The minimum absolute atomic E-state index is 0.349. The third-order valence-electron chi connectivity index (χ3n) is 5.13. The molecule has 0 radical (unpaired) electrons. The Labute approximate surface area is 164 Å². The predicted octanol–water partition coefficient (Wildman–Crippen LogP) is 4.75. The zero-order valence-electron chi connectivity index (χ0n) is 15.5. The van der Waals surface area contributed by atoms with Crippen LogP contribution in [0.2, 0.25) is 0 Å². The van der Waals surface area contributed by atoms with Gasteiger partial charge in [-0.05, 0) is 23.6 Å². The minimum Gasteiger partial charge on any atom is -0.423 e. The molecule has 0 amide bonds. The Balaban J connectivity index is 2.11. The number of carbonyl (C=O) groups is 1. The maximum absolute atomic E-state index is 11.8. The van der Waals surface area contributed by atoms with E-state index in [0.29, 0.717) is 11.5 Å². The van der Waals surface area contributed by atoms with E-state index in [-0.39, 0.29) is 0 Å². The average molecular weight is 371 g/mol. The molecule has 0 aromatic heterocycles. The van der Waals surface area contributed by atoms with Crippen LogP contribution in [-0.2, 0) is 14.9 Å². The van der Waals surface area contributed by atoms with E-state index in [9.17, 15) is 4.79 Å². The molecular weight excluding hydrogens is 350 g/mol. The lowest BCUT2D eigenvalue weighted by Gasteiger charge is -2.37. The summed E-state index contributed by atoms with van der Waals surface area (Å²) < 4.78 is 10.6. The van der Waals surface area contributed by atoms with Gasteiger partial charge >= 0.3 is 6.16 Å². The monoisotopic (exact) mass is 371 g/mol. The summed E-state index contributed by atoms with van der Waals surface area (Å²) in [6.07, 6.45) is -1.28. The van der Waals surface area contributed by atoms with Crippen molar-refractivity contribution in [2.75, 3.05) is 0 Å². The van der Waals surface area contributed by atoms with E-state index in [1.54, 1.807) is 6.92 Å². The summed E-state index contributed by atoms with van der Waals surface area (Å²) in [6.45, 7) is 1.76. The SMILES string of the molecule is CC1OC(=O)OC1=C(N)C(c1ccccc1)(c1ccccc1)c1ccccc1. The average Bonchev–Trinajstić information content (AvgIpc) is 3.09. The maximum Gasteiger partial charge on any atom is 0.514 e. The standard InChI is InChI=1S/C24H21NO3/c1-17-21(28-23(26)27-17)22(25)24(18-11-5-2-6-12-18,19-13-7-3-8-14-19)20-15-9-4-10-16-20/h2-17H,25H2,1H3. The van der Waals surface area contributed by atoms with Crippen LogP contribution in [0, 0.1) is 0 Å². The predicted molar refractivity (Wildman–Crippen MR) is 107 cm³/mol. The van der Waals surface area contributed by atoms with Crippen molar-refractivity contribution in [2.45, 2.75) is 18.4 Å². The zero-order chi connectivity index (χ0) is 19.6. The summed E-state index contributed by atoms with van der Waals surface area (Å²) >= 11 is 0. The highest BCUT2D eigenvalue weighted by molar-refractivity contribution is 5.67. The van der Waals surface area contributed by atoms with Crippen LogP contribution in [0.25, 0.3) is 0 Å². The summed E-state index contributed by atoms with van der Waals surface area (Å²) in [4.78, 5) is 11.8. The molecule has 1 heterocycles. The molecule has 140 valence electrons. The molecule has 1 atom stereocenters. The van der Waals surface area contributed by atoms with Crippen molar-refractivity contribution in [2.24, 2.45) is 5.73 Å². The van der Waals surface area contributed by atoms with Crippen LogP contribution in [0.15, 0.2) is 102 Å². The van der Waals surface area contributed by atoms with Crippen LogP contribution in [0.4, 0.5) is 4.79 Å². The fraction of sp³-hybridized carbons (Fsp3) is 0.125. The number of hydrogen-bond acceptors (Lipinski definition) is 4. The molecule has 1 unspecified atom stereocenters. The van der Waals surface area contributed by atoms with Gasteiger partial charge in [-0.15, -0.1) is 0 Å². The van der Waals surface area contributed by atoms with E-state index >= 15 is 0 Å². The normalized spacial score (nSPS) is 18.3. The van der Waals surface area contributed by atoms with Crippen LogP contribution in [0.5, 0.6) is 0 Å². The first-order chi connectivity index (χ1) is 13.6. The first-order valence-corrected chi connectivity index (χ1v) is 9.19. The highest BCUT2D eigenvalue weighted by atomic mass is 16.8. The summed E-state index contributed by atoms with van der Waals surface area (Å²) in [5.74, 6) is 0.349. The van der Waals surface area contributed by atoms with Crippen molar-refractivity contribution in [3.63, 3.8) is 0 Å². The minimum atomic E-state index is -0.832. The molecule has 28 heavy (non-hydrogen) atoms. The van der Waals surface area contributed by atoms with Crippen molar-refractivity contribution < 1.29 is 14.3 Å². The Hall–Kier alpha value is -3.53. The number of benzene rings is 3. The Kier molecular flexibility index (Phi) is 4.62. The second-order valence-electron chi connectivity index (χ2n) is 6.74. The molecule has 2 N–H and O–H groups in total. The largest absolute Gasteiger partial charge is 0.514 e. The van der Waals surface area contributed by atoms with Gasteiger partial charge in [0.15, 0.2) is 11.9 Å². The van der Waals surface area contributed by atoms with Crippen molar-refractivity contribution >= 4 is 6.16 Å². The first kappa shape index (κ1) is 17.9. The van der Waals surface area contributed by atoms with Crippen molar-refractivity contribution in [1.29, 1.82) is 0 Å². The van der Waals surface area contributed by atoms with Gasteiger partial charge in [0.05, 0.1) is 11.1 Å². The lowest BCUT2D eigenvalue weighted by molar-refractivity contribution is 0.122. The molecule has 1 fully saturated rings. The Morgan fingerprint density at radius 1 is 0.786 bits per heavy atom. The molecule has 0 spiro atoms. The van der Waals surface area contributed by atoms with Crippen LogP contribution in [0.1, 0.15) is 23.6 Å². The molecule has 4 rings (SSSR count). The van der Waals surface area contributed by atoms with E-state index in [4.69, 9.17) is 15.2 Å². The van der Waals surface area contributed by atoms with Gasteiger partial charge in [-0.25, -0.2) is 4.79 Å². The fourth-order valence-electron chi connectivity index (χ4n) is 3.88. The topological polar surface area (TPSA) is 61.5 Å². The summed E-state index contributed by atoms with van der Waals surface area (Å²) in [7, 11) is 0. The highest BCUT2D eigenvalue weighted by Crippen LogP contribution is 2.45. The van der Waals surface area contributed by atoms with Crippen molar-refractivity contribution in [3.05, 3.63) is 119 Å². The Morgan fingerprint density at radius 2 is 1.18 bits per heavy atom. The lowest BCUT2D eigenvalue weighted by atomic mass is 9.67. The first-order valence-electron chi connectivity index (χ1n) is 9.19. The Morgan fingerprint density at radius 3 is 1.50 bits per heavy atom. The second kappa shape index (κ2) is 7.24. The van der Waals surface area contributed by atoms with E-state index < -0.39 is 17.7 Å². The second-order valence-corrected chi connectivity index (χ2v) is 6.74. The highest BCUT2D eigenvalue weighted by Gasteiger charge is 2.44. The van der Waals surface area contributed by atoms with Gasteiger partial charge in [-0.3, -0.25) is 0 Å². The summed E-state index contributed by atoms with van der Waals surface area (Å²) in [5, 5.41) is 0. The van der Waals surface area contributed by atoms with Crippen LogP contribution in [0.3, 0.4) is 0 Å². The number of ether oxygens (including phenoxy) is 2. The lowest BCUT2D eigenvalue weighted by Crippen LogP contribution is -2.37. The molecule has 1 saturated heterocycles. The van der Waals surface area contributed by atoms with E-state index in [1.807, 2.05) is 91.0 Å². The molecule has 0 bridgehead atoms. The quantitative estimate of drug-likeness (QED) is 0.531. The van der Waals surface area contributed by atoms with Gasteiger partial charge in [0.25, 0.3) is 0 Å². The molecule has 4 heteroatoms. The van der Waals surface area contributed by atoms with Gasteiger partial charge in [-0.2, -0.15) is 0 Å². The maximum atomic E-state index is 11.8. The van der Waals surface area contributed by atoms with Crippen molar-refractivity contribution in [3.8, 4) is 0 Å². The molecule has 1 aliphatic rings. The van der Waals surface area contributed by atoms with Crippen molar-refractivity contribution in [1.82, 2.24) is 0 Å². The number of rotatable bonds is 4. The Bertz CT molecular complexity index is 901. The molecule has 3 aromatic rings. The number of hydrogen-bond donors (Lipinski definition) is 1. The molecule has 0 aliphatic carbocycles. The molecule has 1 aliphatic heterocycles. The summed E-state index contributed by atoms with van der Waals surface area (Å²) in [5.41, 5.74) is 9.37. The summed E-state index contributed by atoms with van der Waals surface area (Å²) in [6, 6.07) is 30.0. The smallest absolute Gasteiger partial charge is 0.423 e. The van der Waals surface area contributed by atoms with Crippen LogP contribution < -0.4 is 5.73 Å². The number of cyclic esters (lactones) is 2. The number of allylic oxidation sites excluding steroid dienone is 1. The van der Waals surface area contributed by atoms with E-state index in [1.165, 1.54) is 0 Å². The van der Waals surface area contributed by atoms with Gasteiger partial charge in [-0.1, -0.05) is 91.0 Å². The van der Waals surface area contributed by atoms with Gasteiger partial charge < -0.3 is 15.2 Å². The van der Waals surface area contributed by atoms with Crippen LogP contribution in [-0.4, -0.2) is 12.3 Å². The van der Waals surface area contributed by atoms with E-state index in [0.717, 1.165) is 16.7 Å². The zero-order valence-corrected chi connectivity index (χ0v) is 15.5. The van der Waals surface area contributed by atoms with Gasteiger partial charge in [0, 0.05) is 0 Å². The third-order valence-corrected chi connectivity index (χ3v) is 5.13. The third kappa shape index (κ3) is 2.83.